The second kappa shape index (κ2) is 15.1. The van der Waals surface area contributed by atoms with Crippen LogP contribution in [0.1, 0.15) is 49.7 Å². The van der Waals surface area contributed by atoms with Gasteiger partial charge in [-0.1, -0.05) is 42.5 Å². The Morgan fingerprint density at radius 1 is 1.00 bits per heavy atom. The Balaban J connectivity index is 1.17. The third kappa shape index (κ3) is 7.74. The molecule has 240 valence electrons. The van der Waals surface area contributed by atoms with Crippen molar-refractivity contribution in [3.05, 3.63) is 107 Å². The third-order valence-electron chi connectivity index (χ3n) is 8.44. The van der Waals surface area contributed by atoms with Crippen LogP contribution in [0, 0.1) is 0 Å². The zero-order valence-electron chi connectivity index (χ0n) is 26.7. The Labute approximate surface area is 270 Å². The Hall–Kier alpha value is -4.70. The number of para-hydroxylation sites is 1. The Morgan fingerprint density at radius 3 is 2.50 bits per heavy atom. The van der Waals surface area contributed by atoms with Gasteiger partial charge < -0.3 is 34.6 Å². The van der Waals surface area contributed by atoms with Crippen molar-refractivity contribution in [1.82, 2.24) is 4.98 Å². The molecule has 1 aliphatic heterocycles. The van der Waals surface area contributed by atoms with E-state index in [1.165, 1.54) is 7.11 Å². The number of hydrogen-bond donors (Lipinski definition) is 3. The first-order chi connectivity index (χ1) is 22.3. The number of carbonyl (C=O) groups is 1. The number of allylic oxidation sites excluding steroid dienone is 1. The molecule has 5 rings (SSSR count). The lowest BCUT2D eigenvalue weighted by Crippen LogP contribution is -2.37. The number of anilines is 2. The van der Waals surface area contributed by atoms with E-state index in [1.54, 1.807) is 26.3 Å². The lowest BCUT2D eigenvalue weighted by molar-refractivity contribution is -0.112. The standard InChI is InChI=1S/C37H41N3O6/c1-24(32-21-27(12-14-33(32)41)31-10-5-6-11-34(31)44-3)25(2)36(42)39-29-13-15-35(38-22-29)40-18-16-30(17-19-40)46-23-26-8-7-9-28(20-26)37(43)45-4/h5-15,20-22,30,37,41,43H,16-19,23H2,1-4H3,(H,39,42)/b25-24+. The number of aliphatic hydroxyl groups excluding tert-OH is 1. The molecule has 9 nitrogen and oxygen atoms in total. The Kier molecular flexibility index (Phi) is 10.7. The van der Waals surface area contributed by atoms with Crippen LogP contribution in [-0.2, 0) is 20.9 Å². The molecule has 1 aliphatic rings. The number of aromatic hydroxyl groups is 1. The van der Waals surface area contributed by atoms with E-state index >= 15 is 0 Å². The van der Waals surface area contributed by atoms with Gasteiger partial charge in [-0.25, -0.2) is 4.98 Å². The first-order valence-electron chi connectivity index (χ1n) is 15.3. The number of pyridine rings is 1. The lowest BCUT2D eigenvalue weighted by atomic mass is 9.95. The molecule has 4 aromatic rings. The van der Waals surface area contributed by atoms with Crippen LogP contribution in [0.5, 0.6) is 11.5 Å². The molecule has 1 unspecified atom stereocenters. The number of phenolic OH excluding ortho intramolecular Hbond substituents is 1. The van der Waals surface area contributed by atoms with Gasteiger partial charge in [-0.05, 0) is 79.8 Å². The number of nitrogens with zero attached hydrogens (tertiary/aromatic N) is 2. The highest BCUT2D eigenvalue weighted by Crippen LogP contribution is 2.36. The highest BCUT2D eigenvalue weighted by atomic mass is 16.6. The summed E-state index contributed by atoms with van der Waals surface area (Å²) in [7, 11) is 3.10. The fourth-order valence-corrected chi connectivity index (χ4v) is 5.57. The second-order valence-corrected chi connectivity index (χ2v) is 11.4. The van der Waals surface area contributed by atoms with E-state index in [9.17, 15) is 15.0 Å². The number of ether oxygens (including phenoxy) is 3. The molecule has 2 heterocycles. The average Bonchev–Trinajstić information content (AvgIpc) is 3.10. The quantitative estimate of drug-likeness (QED) is 0.125. The number of nitrogens with one attached hydrogen (secondary N) is 1. The van der Waals surface area contributed by atoms with E-state index in [0.29, 0.717) is 34.6 Å². The minimum absolute atomic E-state index is 0.0969. The highest BCUT2D eigenvalue weighted by Gasteiger charge is 2.21. The minimum Gasteiger partial charge on any atom is -0.507 e. The molecule has 0 spiro atoms. The molecule has 1 fully saturated rings. The molecule has 1 saturated heterocycles. The monoisotopic (exact) mass is 623 g/mol. The summed E-state index contributed by atoms with van der Waals surface area (Å²) in [5, 5.41) is 23.5. The Bertz CT molecular complexity index is 1680. The maximum absolute atomic E-state index is 13.2. The smallest absolute Gasteiger partial charge is 0.251 e. The number of amides is 1. The summed E-state index contributed by atoms with van der Waals surface area (Å²) in [5.41, 5.74) is 5.80. The predicted octanol–water partition coefficient (Wildman–Crippen LogP) is 6.72. The van der Waals surface area contributed by atoms with Crippen molar-refractivity contribution >= 4 is 23.0 Å². The number of carbonyl (C=O) groups excluding carboxylic acids is 1. The van der Waals surface area contributed by atoms with Crippen LogP contribution in [-0.4, -0.2) is 54.5 Å². The van der Waals surface area contributed by atoms with E-state index in [-0.39, 0.29) is 17.8 Å². The number of phenols is 1. The first-order valence-corrected chi connectivity index (χ1v) is 15.3. The summed E-state index contributed by atoms with van der Waals surface area (Å²) >= 11 is 0. The van der Waals surface area contributed by atoms with Crippen molar-refractivity contribution in [2.24, 2.45) is 0 Å². The zero-order chi connectivity index (χ0) is 32.6. The van der Waals surface area contributed by atoms with Crippen LogP contribution in [0.15, 0.2) is 90.6 Å². The number of piperidine rings is 1. The molecule has 3 N–H and O–H groups in total. The number of hydrogen-bond acceptors (Lipinski definition) is 8. The maximum atomic E-state index is 13.2. The van der Waals surface area contributed by atoms with Gasteiger partial charge >= 0.3 is 0 Å². The topological polar surface area (TPSA) is 113 Å². The van der Waals surface area contributed by atoms with Crippen LogP contribution < -0.4 is 15.0 Å². The van der Waals surface area contributed by atoms with Gasteiger partial charge in [-0.3, -0.25) is 4.79 Å². The van der Waals surface area contributed by atoms with E-state index < -0.39 is 6.29 Å². The highest BCUT2D eigenvalue weighted by molar-refractivity contribution is 6.08. The summed E-state index contributed by atoms with van der Waals surface area (Å²) in [6.45, 7) is 5.66. The molecule has 9 heteroatoms. The molecule has 46 heavy (non-hydrogen) atoms. The van der Waals surface area contributed by atoms with Crippen molar-refractivity contribution in [2.75, 3.05) is 37.5 Å². The van der Waals surface area contributed by atoms with Crippen molar-refractivity contribution in [2.45, 2.75) is 45.7 Å². The molecular weight excluding hydrogens is 582 g/mol. The van der Waals surface area contributed by atoms with E-state index in [2.05, 4.69) is 15.2 Å². The van der Waals surface area contributed by atoms with Crippen LogP contribution in [0.2, 0.25) is 0 Å². The van der Waals surface area contributed by atoms with Crippen LogP contribution in [0.4, 0.5) is 11.5 Å². The first kappa shape index (κ1) is 32.7. The van der Waals surface area contributed by atoms with Crippen molar-refractivity contribution in [3.63, 3.8) is 0 Å². The van der Waals surface area contributed by atoms with Crippen LogP contribution >= 0.6 is 0 Å². The van der Waals surface area contributed by atoms with Crippen molar-refractivity contribution in [3.8, 4) is 22.6 Å². The summed E-state index contributed by atoms with van der Waals surface area (Å²) < 4.78 is 16.7. The zero-order valence-corrected chi connectivity index (χ0v) is 26.7. The van der Waals surface area contributed by atoms with Gasteiger partial charge in [-0.15, -0.1) is 0 Å². The van der Waals surface area contributed by atoms with Gasteiger partial charge in [0.1, 0.15) is 17.3 Å². The Morgan fingerprint density at radius 2 is 1.78 bits per heavy atom. The van der Waals surface area contributed by atoms with E-state index in [1.807, 2.05) is 79.7 Å². The fraction of sp³-hybridized carbons (Fsp3) is 0.297. The van der Waals surface area contributed by atoms with Gasteiger partial charge in [0.25, 0.3) is 5.91 Å². The molecule has 0 saturated carbocycles. The fourth-order valence-electron chi connectivity index (χ4n) is 5.57. The third-order valence-corrected chi connectivity index (χ3v) is 8.44. The van der Waals surface area contributed by atoms with E-state index in [0.717, 1.165) is 54.2 Å². The number of benzene rings is 3. The maximum Gasteiger partial charge on any atom is 0.251 e. The second-order valence-electron chi connectivity index (χ2n) is 11.4. The minimum atomic E-state index is -0.942. The predicted molar refractivity (Wildman–Crippen MR) is 180 cm³/mol. The molecule has 1 aromatic heterocycles. The average molecular weight is 624 g/mol. The number of methoxy groups -OCH3 is 2. The molecule has 1 amide bonds. The summed E-state index contributed by atoms with van der Waals surface area (Å²) in [6, 6.07) is 24.4. The van der Waals surface area contributed by atoms with Gasteiger partial charge in [0.15, 0.2) is 6.29 Å². The number of rotatable bonds is 11. The SMILES string of the molecule is COc1ccccc1-c1ccc(O)c(/C(C)=C(\C)C(=O)Nc2ccc(N3CCC(OCc4cccc(C(O)OC)c4)CC3)nc2)c1. The van der Waals surface area contributed by atoms with Gasteiger partial charge in [-0.2, -0.15) is 0 Å². The van der Waals surface area contributed by atoms with Crippen LogP contribution in [0.25, 0.3) is 16.7 Å². The molecule has 3 aromatic carbocycles. The largest absolute Gasteiger partial charge is 0.507 e. The van der Waals surface area contributed by atoms with Gasteiger partial charge in [0, 0.05) is 42.5 Å². The lowest BCUT2D eigenvalue weighted by Gasteiger charge is -2.32. The van der Waals surface area contributed by atoms with Gasteiger partial charge in [0.05, 0.1) is 31.7 Å². The van der Waals surface area contributed by atoms with Crippen LogP contribution in [0.3, 0.4) is 0 Å². The van der Waals surface area contributed by atoms with E-state index in [4.69, 9.17) is 14.2 Å². The normalized spacial score (nSPS) is 14.8. The van der Waals surface area contributed by atoms with Crippen molar-refractivity contribution < 1.29 is 29.2 Å². The number of aliphatic hydroxyl groups is 1. The summed E-state index contributed by atoms with van der Waals surface area (Å²) in [6.07, 6.45) is 2.60. The van der Waals surface area contributed by atoms with Gasteiger partial charge in [0.2, 0.25) is 0 Å². The number of aromatic nitrogens is 1. The van der Waals surface area contributed by atoms with Crippen molar-refractivity contribution in [1.29, 1.82) is 0 Å². The molecule has 0 aliphatic carbocycles. The summed E-state index contributed by atoms with van der Waals surface area (Å²) in [5.74, 6) is 1.40. The molecule has 0 bridgehead atoms. The molecule has 0 radical (unpaired) electrons. The molecule has 1 atom stereocenters. The molecular formula is C37H41N3O6. The summed E-state index contributed by atoms with van der Waals surface area (Å²) in [4.78, 5) is 20.0.